The fourth-order valence-corrected chi connectivity index (χ4v) is 2.84. The molecule has 1 saturated heterocycles. The van der Waals surface area contributed by atoms with E-state index in [4.69, 9.17) is 14.6 Å². The van der Waals surface area contributed by atoms with Crippen molar-refractivity contribution in [1.29, 1.82) is 0 Å². The van der Waals surface area contributed by atoms with E-state index in [1.807, 2.05) is 6.92 Å². The molecule has 6 atom stereocenters. The first-order valence-corrected chi connectivity index (χ1v) is 7.66. The third kappa shape index (κ3) is 4.06. The largest absolute Gasteiger partial charge is 0.394 e. The molecule has 2 aliphatic rings. The molecule has 0 unspecified atom stereocenters. The number of carbonyl (C=O) groups is 1. The SMILES string of the molecule is C=C(C)[C@H]1CCC(CO[C@@H]2O[C@H](CO)[C@@H](O)[C@H](O)[C@H]2O)=CC1=O. The molecule has 1 aliphatic heterocycles. The topological polar surface area (TPSA) is 116 Å². The highest BCUT2D eigenvalue weighted by Gasteiger charge is 2.44. The van der Waals surface area contributed by atoms with E-state index in [2.05, 4.69) is 6.58 Å². The van der Waals surface area contributed by atoms with Gasteiger partial charge < -0.3 is 29.9 Å². The van der Waals surface area contributed by atoms with Crippen molar-refractivity contribution < 1.29 is 34.7 Å². The zero-order valence-corrected chi connectivity index (χ0v) is 13.1. The fourth-order valence-electron chi connectivity index (χ4n) is 2.84. The molecule has 130 valence electrons. The van der Waals surface area contributed by atoms with Crippen molar-refractivity contribution >= 4 is 5.78 Å². The average Bonchev–Trinajstić information content (AvgIpc) is 2.51. The van der Waals surface area contributed by atoms with Gasteiger partial charge in [0.15, 0.2) is 12.1 Å². The lowest BCUT2D eigenvalue weighted by molar-refractivity contribution is -0.299. The van der Waals surface area contributed by atoms with E-state index in [1.54, 1.807) is 0 Å². The van der Waals surface area contributed by atoms with Crippen LogP contribution < -0.4 is 0 Å². The lowest BCUT2D eigenvalue weighted by atomic mass is 9.85. The summed E-state index contributed by atoms with van der Waals surface area (Å²) in [6.45, 7) is 5.19. The predicted octanol–water partition coefficient (Wildman–Crippen LogP) is -0.715. The summed E-state index contributed by atoms with van der Waals surface area (Å²) in [6.07, 6.45) is -3.65. The van der Waals surface area contributed by atoms with Crippen LogP contribution in [0, 0.1) is 5.92 Å². The van der Waals surface area contributed by atoms with Crippen molar-refractivity contribution in [2.24, 2.45) is 5.92 Å². The second-order valence-electron chi connectivity index (χ2n) is 6.15. The summed E-state index contributed by atoms with van der Waals surface area (Å²) in [4.78, 5) is 12.0. The molecule has 0 aromatic heterocycles. The van der Waals surface area contributed by atoms with Gasteiger partial charge in [-0.1, -0.05) is 12.2 Å². The molecule has 0 aromatic rings. The van der Waals surface area contributed by atoms with E-state index in [9.17, 15) is 20.1 Å². The number of allylic oxidation sites excluding steroid dienone is 2. The number of hydrogen-bond acceptors (Lipinski definition) is 7. The Labute approximate surface area is 134 Å². The zero-order chi connectivity index (χ0) is 17.1. The Morgan fingerprint density at radius 2 is 2.04 bits per heavy atom. The molecule has 1 aliphatic carbocycles. The summed E-state index contributed by atoms with van der Waals surface area (Å²) in [7, 11) is 0. The first-order chi connectivity index (χ1) is 10.8. The van der Waals surface area contributed by atoms with E-state index >= 15 is 0 Å². The standard InChI is InChI=1S/C16H24O7/c1-8(2)10-4-3-9(5-11(10)18)7-22-16-15(21)14(20)13(19)12(6-17)23-16/h5,10,12-17,19-21H,1,3-4,6-7H2,2H3/t10-,12-,13-,14+,15-,16-/m1/s1. The first-order valence-electron chi connectivity index (χ1n) is 7.66. The highest BCUT2D eigenvalue weighted by molar-refractivity contribution is 5.95. The summed E-state index contributed by atoms with van der Waals surface area (Å²) in [5.74, 6) is -0.179. The number of aliphatic hydroxyl groups is 4. The molecular weight excluding hydrogens is 304 g/mol. The number of ketones is 1. The van der Waals surface area contributed by atoms with Gasteiger partial charge in [-0.05, 0) is 31.4 Å². The minimum Gasteiger partial charge on any atom is -0.394 e. The Morgan fingerprint density at radius 1 is 1.35 bits per heavy atom. The van der Waals surface area contributed by atoms with Crippen LogP contribution in [0.2, 0.25) is 0 Å². The summed E-state index contributed by atoms with van der Waals surface area (Å²) in [5, 5.41) is 38.4. The Hall–Kier alpha value is -1.09. The maximum atomic E-state index is 12.0. The minimum absolute atomic E-state index is 0.0175. The van der Waals surface area contributed by atoms with E-state index in [-0.39, 0.29) is 18.3 Å². The molecule has 7 nitrogen and oxygen atoms in total. The lowest BCUT2D eigenvalue weighted by Crippen LogP contribution is -2.59. The van der Waals surface area contributed by atoms with Crippen molar-refractivity contribution in [3.05, 3.63) is 23.8 Å². The fraction of sp³-hybridized carbons (Fsp3) is 0.688. The van der Waals surface area contributed by atoms with E-state index in [0.29, 0.717) is 12.8 Å². The number of hydrogen-bond donors (Lipinski definition) is 4. The van der Waals surface area contributed by atoms with Crippen molar-refractivity contribution in [2.45, 2.75) is 50.5 Å². The molecule has 0 saturated carbocycles. The molecule has 1 heterocycles. The van der Waals surface area contributed by atoms with Crippen LogP contribution in [-0.2, 0) is 14.3 Å². The van der Waals surface area contributed by atoms with Crippen molar-refractivity contribution in [3.63, 3.8) is 0 Å². The number of aliphatic hydroxyl groups excluding tert-OH is 4. The van der Waals surface area contributed by atoms with Gasteiger partial charge in [0.05, 0.1) is 13.2 Å². The van der Waals surface area contributed by atoms with Gasteiger partial charge in [-0.3, -0.25) is 4.79 Å². The van der Waals surface area contributed by atoms with Crippen LogP contribution in [0.4, 0.5) is 0 Å². The van der Waals surface area contributed by atoms with Crippen LogP contribution in [0.5, 0.6) is 0 Å². The molecule has 0 aromatic carbocycles. The quantitative estimate of drug-likeness (QED) is 0.492. The average molecular weight is 328 g/mol. The van der Waals surface area contributed by atoms with E-state index in [0.717, 1.165) is 11.1 Å². The van der Waals surface area contributed by atoms with Crippen molar-refractivity contribution in [3.8, 4) is 0 Å². The minimum atomic E-state index is -1.47. The third-order valence-corrected chi connectivity index (χ3v) is 4.32. The molecule has 1 fully saturated rings. The first kappa shape index (κ1) is 18.3. The van der Waals surface area contributed by atoms with Gasteiger partial charge in [-0.25, -0.2) is 0 Å². The van der Waals surface area contributed by atoms with Crippen LogP contribution >= 0.6 is 0 Å². The van der Waals surface area contributed by atoms with Crippen LogP contribution in [0.1, 0.15) is 19.8 Å². The number of ether oxygens (including phenoxy) is 2. The second kappa shape index (κ2) is 7.65. The highest BCUT2D eigenvalue weighted by atomic mass is 16.7. The summed E-state index contributed by atoms with van der Waals surface area (Å²) in [5.41, 5.74) is 1.60. The molecule has 0 spiro atoms. The number of carbonyl (C=O) groups excluding carboxylic acids is 1. The predicted molar refractivity (Wildman–Crippen MR) is 80.3 cm³/mol. The molecular formula is C16H24O7. The van der Waals surface area contributed by atoms with Gasteiger partial charge in [0.1, 0.15) is 24.4 Å². The second-order valence-corrected chi connectivity index (χ2v) is 6.15. The van der Waals surface area contributed by atoms with Gasteiger partial charge in [0, 0.05) is 5.92 Å². The molecule has 2 rings (SSSR count). The van der Waals surface area contributed by atoms with Gasteiger partial charge in [-0.15, -0.1) is 0 Å². The van der Waals surface area contributed by atoms with Gasteiger partial charge in [-0.2, -0.15) is 0 Å². The van der Waals surface area contributed by atoms with Crippen molar-refractivity contribution in [2.75, 3.05) is 13.2 Å². The smallest absolute Gasteiger partial charge is 0.187 e. The Balaban J connectivity index is 1.94. The Bertz CT molecular complexity index is 485. The highest BCUT2D eigenvalue weighted by Crippen LogP contribution is 2.27. The summed E-state index contributed by atoms with van der Waals surface area (Å²) >= 11 is 0. The van der Waals surface area contributed by atoms with Gasteiger partial charge >= 0.3 is 0 Å². The molecule has 0 amide bonds. The van der Waals surface area contributed by atoms with Crippen LogP contribution in [0.15, 0.2) is 23.8 Å². The van der Waals surface area contributed by atoms with Gasteiger partial charge in [0.25, 0.3) is 0 Å². The maximum absolute atomic E-state index is 12.0. The molecule has 0 radical (unpaired) electrons. The van der Waals surface area contributed by atoms with Crippen molar-refractivity contribution in [1.82, 2.24) is 0 Å². The lowest BCUT2D eigenvalue weighted by Gasteiger charge is -2.39. The molecule has 4 N–H and O–H groups in total. The van der Waals surface area contributed by atoms with Gasteiger partial charge in [0.2, 0.25) is 0 Å². The Kier molecular flexibility index (Phi) is 6.07. The number of rotatable bonds is 5. The molecule has 0 bridgehead atoms. The third-order valence-electron chi connectivity index (χ3n) is 4.32. The molecule has 23 heavy (non-hydrogen) atoms. The maximum Gasteiger partial charge on any atom is 0.187 e. The van der Waals surface area contributed by atoms with Crippen LogP contribution in [0.25, 0.3) is 0 Å². The summed E-state index contributed by atoms with van der Waals surface area (Å²) in [6, 6.07) is 0. The van der Waals surface area contributed by atoms with E-state index < -0.39 is 37.3 Å². The monoisotopic (exact) mass is 328 g/mol. The van der Waals surface area contributed by atoms with Crippen LogP contribution in [-0.4, -0.2) is 70.1 Å². The summed E-state index contributed by atoms with van der Waals surface area (Å²) < 4.78 is 10.7. The zero-order valence-electron chi connectivity index (χ0n) is 13.1. The van der Waals surface area contributed by atoms with Crippen LogP contribution in [0.3, 0.4) is 0 Å². The molecule has 7 heteroatoms. The Morgan fingerprint density at radius 3 is 2.61 bits per heavy atom. The normalized spacial score (nSPS) is 38.3. The van der Waals surface area contributed by atoms with E-state index in [1.165, 1.54) is 6.08 Å².